The Hall–Kier alpha value is -0.570. The Kier molecular flexibility index (Phi) is 2.65. The van der Waals surface area contributed by atoms with E-state index < -0.39 is 0 Å². The lowest BCUT2D eigenvalue weighted by Gasteiger charge is -2.60. The maximum absolute atomic E-state index is 11.8. The average molecular weight is 266 g/mol. The van der Waals surface area contributed by atoms with Crippen molar-refractivity contribution in [1.82, 2.24) is 0 Å². The highest BCUT2D eigenvalue weighted by molar-refractivity contribution is 5.73. The summed E-state index contributed by atoms with van der Waals surface area (Å²) >= 11 is 0. The molecule has 108 valence electrons. The molecule has 0 aromatic carbocycles. The summed E-state index contributed by atoms with van der Waals surface area (Å²) in [4.78, 5) is 11.8. The summed E-state index contributed by atoms with van der Waals surface area (Å²) in [5, 5.41) is 10.3. The number of carbonyl (C=O) groups is 1. The van der Waals surface area contributed by atoms with Gasteiger partial charge < -0.3 is 9.84 Å². The Balaban J connectivity index is 2.00. The standard InChI is InChI=1S/C16H26O3/c1-14(2)10-5-8-16(4)11(9-13(18)19-16)15(10,3)7-6-12(14)17/h10-12,17H,5-9H2,1-4H3/t10-,11+,12-,15-,16-/m0/s1. The van der Waals surface area contributed by atoms with Crippen LogP contribution in [0.3, 0.4) is 0 Å². The van der Waals surface area contributed by atoms with Crippen LogP contribution >= 0.6 is 0 Å². The number of hydrogen-bond donors (Lipinski definition) is 1. The molecule has 2 saturated carbocycles. The van der Waals surface area contributed by atoms with E-state index in [0.29, 0.717) is 18.3 Å². The van der Waals surface area contributed by atoms with Gasteiger partial charge in [-0.05, 0) is 49.4 Å². The van der Waals surface area contributed by atoms with Crippen LogP contribution in [0.4, 0.5) is 0 Å². The van der Waals surface area contributed by atoms with Crippen LogP contribution in [-0.2, 0) is 9.53 Å². The number of esters is 1. The summed E-state index contributed by atoms with van der Waals surface area (Å²) in [5.41, 5.74) is -0.192. The van der Waals surface area contributed by atoms with E-state index in [2.05, 4.69) is 27.7 Å². The maximum atomic E-state index is 11.8. The Labute approximate surface area is 115 Å². The Morgan fingerprint density at radius 3 is 2.47 bits per heavy atom. The molecule has 0 radical (unpaired) electrons. The van der Waals surface area contributed by atoms with E-state index in [9.17, 15) is 9.90 Å². The molecule has 0 amide bonds. The Bertz CT molecular complexity index is 416. The van der Waals surface area contributed by atoms with Gasteiger partial charge in [-0.1, -0.05) is 20.8 Å². The van der Waals surface area contributed by atoms with Gasteiger partial charge in [0.15, 0.2) is 0 Å². The largest absolute Gasteiger partial charge is 0.459 e. The van der Waals surface area contributed by atoms with Gasteiger partial charge in [0.2, 0.25) is 0 Å². The van der Waals surface area contributed by atoms with Crippen molar-refractivity contribution in [3.63, 3.8) is 0 Å². The molecular formula is C16H26O3. The molecule has 3 heteroatoms. The van der Waals surface area contributed by atoms with E-state index in [1.54, 1.807) is 0 Å². The van der Waals surface area contributed by atoms with E-state index in [1.165, 1.54) is 0 Å². The second-order valence-corrected chi connectivity index (χ2v) is 8.02. The van der Waals surface area contributed by atoms with Crippen LogP contribution in [0.25, 0.3) is 0 Å². The molecule has 1 aliphatic heterocycles. The van der Waals surface area contributed by atoms with Crippen LogP contribution in [0.5, 0.6) is 0 Å². The minimum Gasteiger partial charge on any atom is -0.459 e. The van der Waals surface area contributed by atoms with Crippen molar-refractivity contribution in [2.75, 3.05) is 0 Å². The molecule has 0 aromatic heterocycles. The molecular weight excluding hydrogens is 240 g/mol. The van der Waals surface area contributed by atoms with Gasteiger partial charge >= 0.3 is 5.97 Å². The van der Waals surface area contributed by atoms with E-state index in [4.69, 9.17) is 4.74 Å². The third-order valence-corrected chi connectivity index (χ3v) is 6.69. The van der Waals surface area contributed by atoms with E-state index in [-0.39, 0.29) is 28.5 Å². The number of fused-ring (bicyclic) bond motifs is 3. The molecule has 0 aromatic rings. The number of carbonyl (C=O) groups excluding carboxylic acids is 1. The van der Waals surface area contributed by atoms with Gasteiger partial charge in [0, 0.05) is 5.92 Å². The number of rotatable bonds is 0. The summed E-state index contributed by atoms with van der Waals surface area (Å²) in [6, 6.07) is 0. The van der Waals surface area contributed by atoms with Crippen LogP contribution in [0, 0.1) is 22.7 Å². The van der Waals surface area contributed by atoms with Crippen molar-refractivity contribution >= 4 is 5.97 Å². The first-order valence-corrected chi connectivity index (χ1v) is 7.60. The quantitative estimate of drug-likeness (QED) is 0.686. The van der Waals surface area contributed by atoms with Crippen LogP contribution in [0.15, 0.2) is 0 Å². The molecule has 0 spiro atoms. The number of hydrogen-bond acceptors (Lipinski definition) is 3. The normalized spacial score (nSPS) is 52.3. The van der Waals surface area contributed by atoms with E-state index in [1.807, 2.05) is 0 Å². The minimum atomic E-state index is -0.263. The summed E-state index contributed by atoms with van der Waals surface area (Å²) in [5.74, 6) is 0.771. The minimum absolute atomic E-state index is 0.0293. The van der Waals surface area contributed by atoms with Crippen molar-refractivity contribution in [3.8, 4) is 0 Å². The monoisotopic (exact) mass is 266 g/mol. The summed E-state index contributed by atoms with van der Waals surface area (Å²) in [6.45, 7) is 8.83. The first-order chi connectivity index (χ1) is 8.70. The lowest BCUT2D eigenvalue weighted by atomic mass is 9.45. The van der Waals surface area contributed by atoms with E-state index >= 15 is 0 Å². The van der Waals surface area contributed by atoms with Crippen LogP contribution in [0.1, 0.15) is 59.8 Å². The molecule has 3 rings (SSSR count). The first kappa shape index (κ1) is 13.4. The van der Waals surface area contributed by atoms with Crippen molar-refractivity contribution in [2.45, 2.75) is 71.5 Å². The third kappa shape index (κ3) is 1.63. The predicted octanol–water partition coefficient (Wildman–Crippen LogP) is 2.91. The van der Waals surface area contributed by atoms with Gasteiger partial charge in [0.1, 0.15) is 5.60 Å². The van der Waals surface area contributed by atoms with Crippen LogP contribution in [0.2, 0.25) is 0 Å². The predicted molar refractivity (Wildman–Crippen MR) is 72.5 cm³/mol. The van der Waals surface area contributed by atoms with Gasteiger partial charge in [0.25, 0.3) is 0 Å². The molecule has 3 fully saturated rings. The topological polar surface area (TPSA) is 46.5 Å². The summed E-state index contributed by atoms with van der Waals surface area (Å²) in [7, 11) is 0. The van der Waals surface area contributed by atoms with Crippen molar-refractivity contribution in [3.05, 3.63) is 0 Å². The first-order valence-electron chi connectivity index (χ1n) is 7.60. The SMILES string of the molecule is CC1(C)[C@@H](O)CC[C@]2(C)[C@H]3CC(=O)O[C@@]3(C)CC[C@@H]12. The molecule has 1 N–H and O–H groups in total. The fraction of sp³-hybridized carbons (Fsp3) is 0.938. The van der Waals surface area contributed by atoms with Gasteiger partial charge in [-0.15, -0.1) is 0 Å². The highest BCUT2D eigenvalue weighted by Gasteiger charge is 2.64. The number of aliphatic hydroxyl groups is 1. The summed E-state index contributed by atoms with van der Waals surface area (Å²) in [6.07, 6.45) is 4.21. The maximum Gasteiger partial charge on any atom is 0.306 e. The highest BCUT2D eigenvalue weighted by atomic mass is 16.6. The van der Waals surface area contributed by atoms with Crippen molar-refractivity contribution in [2.24, 2.45) is 22.7 Å². The molecule has 2 aliphatic carbocycles. The lowest BCUT2D eigenvalue weighted by molar-refractivity contribution is -0.183. The van der Waals surface area contributed by atoms with Crippen LogP contribution in [-0.4, -0.2) is 22.8 Å². The van der Waals surface area contributed by atoms with Gasteiger partial charge in [-0.2, -0.15) is 0 Å². The lowest BCUT2D eigenvalue weighted by Crippen LogP contribution is -2.59. The fourth-order valence-corrected chi connectivity index (χ4v) is 5.54. The number of ether oxygens (including phenoxy) is 1. The molecule has 1 heterocycles. The zero-order valence-corrected chi connectivity index (χ0v) is 12.5. The molecule has 3 nitrogen and oxygen atoms in total. The third-order valence-electron chi connectivity index (χ3n) is 6.69. The second kappa shape index (κ2) is 3.75. The molecule has 0 unspecified atom stereocenters. The van der Waals surface area contributed by atoms with Gasteiger partial charge in [0.05, 0.1) is 12.5 Å². The highest BCUT2D eigenvalue weighted by Crippen LogP contribution is 2.64. The fourth-order valence-electron chi connectivity index (χ4n) is 5.54. The molecule has 19 heavy (non-hydrogen) atoms. The zero-order chi connectivity index (χ0) is 14.1. The van der Waals surface area contributed by atoms with Gasteiger partial charge in [-0.25, -0.2) is 0 Å². The summed E-state index contributed by atoms with van der Waals surface area (Å²) < 4.78 is 5.66. The Morgan fingerprint density at radius 2 is 1.79 bits per heavy atom. The van der Waals surface area contributed by atoms with Crippen molar-refractivity contribution in [1.29, 1.82) is 0 Å². The molecule has 0 bridgehead atoms. The van der Waals surface area contributed by atoms with Gasteiger partial charge in [-0.3, -0.25) is 4.79 Å². The van der Waals surface area contributed by atoms with Crippen LogP contribution < -0.4 is 0 Å². The van der Waals surface area contributed by atoms with Crippen molar-refractivity contribution < 1.29 is 14.6 Å². The molecule has 5 atom stereocenters. The zero-order valence-electron chi connectivity index (χ0n) is 12.5. The van der Waals surface area contributed by atoms with E-state index in [0.717, 1.165) is 25.7 Å². The second-order valence-electron chi connectivity index (χ2n) is 8.02. The number of aliphatic hydroxyl groups excluding tert-OH is 1. The average Bonchev–Trinajstić information content (AvgIpc) is 2.61. The smallest absolute Gasteiger partial charge is 0.306 e. The molecule has 1 saturated heterocycles. The Morgan fingerprint density at radius 1 is 1.11 bits per heavy atom. The molecule has 3 aliphatic rings.